The molecular formula is C23H23N5O. The topological polar surface area (TPSA) is 67.1 Å². The first-order chi connectivity index (χ1) is 14.2. The Bertz CT molecular complexity index is 1210. The minimum absolute atomic E-state index is 0.516. The summed E-state index contributed by atoms with van der Waals surface area (Å²) >= 11 is 0. The first-order valence-electron chi connectivity index (χ1n) is 10.0. The second-order valence-corrected chi connectivity index (χ2v) is 7.40. The number of oxazole rings is 1. The van der Waals surface area contributed by atoms with Crippen LogP contribution in [0.25, 0.3) is 39.0 Å². The van der Waals surface area contributed by atoms with Crippen molar-refractivity contribution in [1.29, 1.82) is 0 Å². The van der Waals surface area contributed by atoms with Gasteiger partial charge in [0.15, 0.2) is 5.58 Å². The number of benzene rings is 2. The van der Waals surface area contributed by atoms with E-state index in [0.29, 0.717) is 6.01 Å². The van der Waals surface area contributed by atoms with E-state index in [-0.39, 0.29) is 0 Å². The average Bonchev–Trinajstić information content (AvgIpc) is 3.21. The molecule has 29 heavy (non-hydrogen) atoms. The molecule has 1 aliphatic rings. The highest BCUT2D eigenvalue weighted by atomic mass is 16.4. The van der Waals surface area contributed by atoms with Crippen molar-refractivity contribution in [3.05, 3.63) is 54.9 Å². The van der Waals surface area contributed by atoms with E-state index in [1.165, 1.54) is 19.3 Å². The first-order valence-corrected chi connectivity index (χ1v) is 10.0. The lowest BCUT2D eigenvalue weighted by Crippen LogP contribution is -2.28. The summed E-state index contributed by atoms with van der Waals surface area (Å²) < 4.78 is 5.62. The number of nitrogens with one attached hydrogen (secondary N) is 1. The van der Waals surface area contributed by atoms with Crippen LogP contribution in [0.5, 0.6) is 0 Å². The molecule has 0 unspecified atom stereocenters. The smallest absolute Gasteiger partial charge is 0.295 e. The van der Waals surface area contributed by atoms with Crippen LogP contribution in [0.3, 0.4) is 0 Å². The van der Waals surface area contributed by atoms with Gasteiger partial charge in [-0.3, -0.25) is 4.98 Å². The molecular weight excluding hydrogens is 362 g/mol. The van der Waals surface area contributed by atoms with Gasteiger partial charge in [-0.05, 0) is 54.7 Å². The van der Waals surface area contributed by atoms with Crippen molar-refractivity contribution < 1.29 is 4.42 Å². The maximum absolute atomic E-state index is 5.62. The Morgan fingerprint density at radius 1 is 0.966 bits per heavy atom. The molecule has 4 aromatic rings. The molecule has 1 N–H and O–H groups in total. The van der Waals surface area contributed by atoms with Crippen molar-refractivity contribution in [2.24, 2.45) is 0 Å². The number of hydrogen-bond donors (Lipinski definition) is 1. The standard InChI is InChI=1S/C23H23N5O/c1-15(28-10-4-3-5-11-28)21-14-25-18-8-6-16(12-19(18)26-21)17-7-9-22-20(13-17)27-23(24-2)29-22/h6-9,12-14H,1,3-5,10-11H2,2H3,(H,24,27). The fraction of sp³-hybridized carbons (Fsp3) is 0.261. The Hall–Kier alpha value is -3.41. The summed E-state index contributed by atoms with van der Waals surface area (Å²) in [5.41, 5.74) is 7.29. The highest BCUT2D eigenvalue weighted by Gasteiger charge is 2.15. The van der Waals surface area contributed by atoms with Gasteiger partial charge >= 0.3 is 0 Å². The normalized spacial score (nSPS) is 14.4. The van der Waals surface area contributed by atoms with Gasteiger partial charge in [0.2, 0.25) is 0 Å². The largest absolute Gasteiger partial charge is 0.424 e. The van der Waals surface area contributed by atoms with Crippen LogP contribution in [0.2, 0.25) is 0 Å². The van der Waals surface area contributed by atoms with E-state index in [9.17, 15) is 0 Å². The molecule has 0 amide bonds. The van der Waals surface area contributed by atoms with Crippen LogP contribution in [0.4, 0.5) is 6.01 Å². The van der Waals surface area contributed by atoms with Crippen molar-refractivity contribution in [3.8, 4) is 11.1 Å². The first kappa shape index (κ1) is 17.7. The summed E-state index contributed by atoms with van der Waals surface area (Å²) in [4.78, 5) is 16.2. The van der Waals surface area contributed by atoms with Crippen LogP contribution in [0.1, 0.15) is 25.0 Å². The zero-order valence-electron chi connectivity index (χ0n) is 16.5. The minimum atomic E-state index is 0.516. The van der Waals surface area contributed by atoms with Gasteiger partial charge in [0.05, 0.1) is 22.9 Å². The van der Waals surface area contributed by atoms with Crippen LogP contribution in [0.15, 0.2) is 53.6 Å². The summed E-state index contributed by atoms with van der Waals surface area (Å²) in [6, 6.07) is 12.7. The number of piperidine rings is 1. The van der Waals surface area contributed by atoms with Gasteiger partial charge in [0.1, 0.15) is 11.2 Å². The lowest BCUT2D eigenvalue weighted by Gasteiger charge is -2.29. The lowest BCUT2D eigenvalue weighted by molar-refractivity contribution is 0.325. The molecule has 6 nitrogen and oxygen atoms in total. The Morgan fingerprint density at radius 3 is 2.52 bits per heavy atom. The fourth-order valence-corrected chi connectivity index (χ4v) is 3.87. The van der Waals surface area contributed by atoms with Crippen molar-refractivity contribution in [3.63, 3.8) is 0 Å². The van der Waals surface area contributed by atoms with Crippen LogP contribution in [-0.2, 0) is 0 Å². The minimum Gasteiger partial charge on any atom is -0.424 e. The van der Waals surface area contributed by atoms with Gasteiger partial charge in [-0.25, -0.2) is 4.98 Å². The van der Waals surface area contributed by atoms with Gasteiger partial charge in [0.25, 0.3) is 6.01 Å². The maximum atomic E-state index is 5.62. The van der Waals surface area contributed by atoms with E-state index in [1.54, 1.807) is 7.05 Å². The highest BCUT2D eigenvalue weighted by molar-refractivity contribution is 5.86. The molecule has 146 valence electrons. The predicted molar refractivity (Wildman–Crippen MR) is 117 cm³/mol. The second kappa shape index (κ2) is 7.20. The molecule has 1 fully saturated rings. The van der Waals surface area contributed by atoms with E-state index in [2.05, 4.69) is 38.9 Å². The number of likely N-dealkylation sites (tertiary alicyclic amines) is 1. The summed E-state index contributed by atoms with van der Waals surface area (Å²) in [6.07, 6.45) is 5.55. The Kier molecular flexibility index (Phi) is 4.39. The summed E-state index contributed by atoms with van der Waals surface area (Å²) in [6.45, 7) is 6.37. The van der Waals surface area contributed by atoms with E-state index in [1.807, 2.05) is 30.5 Å². The molecule has 2 aromatic carbocycles. The van der Waals surface area contributed by atoms with Gasteiger partial charge in [-0.1, -0.05) is 18.7 Å². The molecule has 0 spiro atoms. The summed E-state index contributed by atoms with van der Waals surface area (Å²) in [5, 5.41) is 2.94. The monoisotopic (exact) mass is 385 g/mol. The summed E-state index contributed by atoms with van der Waals surface area (Å²) in [7, 11) is 1.79. The lowest BCUT2D eigenvalue weighted by atomic mass is 10.0. The average molecular weight is 385 g/mol. The molecule has 3 heterocycles. The van der Waals surface area contributed by atoms with Crippen molar-refractivity contribution in [2.45, 2.75) is 19.3 Å². The van der Waals surface area contributed by atoms with Crippen LogP contribution >= 0.6 is 0 Å². The second-order valence-electron chi connectivity index (χ2n) is 7.40. The Morgan fingerprint density at radius 2 is 1.72 bits per heavy atom. The molecule has 0 aliphatic carbocycles. The van der Waals surface area contributed by atoms with E-state index >= 15 is 0 Å². The van der Waals surface area contributed by atoms with Gasteiger partial charge in [-0.2, -0.15) is 4.98 Å². The molecule has 0 radical (unpaired) electrons. The molecule has 6 heteroatoms. The SMILES string of the molecule is C=C(c1cnc2ccc(-c3ccc4oc(NC)nc4c3)cc2n1)N1CCCCC1. The quantitative estimate of drug-likeness (QED) is 0.537. The van der Waals surface area contributed by atoms with Crippen LogP contribution in [-0.4, -0.2) is 40.0 Å². The molecule has 1 aliphatic heterocycles. The predicted octanol–water partition coefficient (Wildman–Crippen LogP) is 4.94. The zero-order valence-corrected chi connectivity index (χ0v) is 16.5. The van der Waals surface area contributed by atoms with Crippen molar-refractivity contribution in [1.82, 2.24) is 19.9 Å². The van der Waals surface area contributed by atoms with Crippen molar-refractivity contribution in [2.75, 3.05) is 25.5 Å². The summed E-state index contributed by atoms with van der Waals surface area (Å²) in [5.74, 6) is 0. The third-order valence-corrected chi connectivity index (χ3v) is 5.51. The van der Waals surface area contributed by atoms with Gasteiger partial charge < -0.3 is 14.6 Å². The Balaban J connectivity index is 1.51. The highest BCUT2D eigenvalue weighted by Crippen LogP contribution is 2.28. The number of aromatic nitrogens is 3. The Labute approximate surface area is 169 Å². The molecule has 5 rings (SSSR count). The maximum Gasteiger partial charge on any atom is 0.295 e. The molecule has 1 saturated heterocycles. The molecule has 0 bridgehead atoms. The zero-order chi connectivity index (χ0) is 19.8. The third-order valence-electron chi connectivity index (χ3n) is 5.51. The number of hydrogen-bond acceptors (Lipinski definition) is 6. The number of fused-ring (bicyclic) bond motifs is 2. The van der Waals surface area contributed by atoms with Gasteiger partial charge in [-0.15, -0.1) is 0 Å². The van der Waals surface area contributed by atoms with E-state index in [0.717, 1.165) is 57.7 Å². The molecule has 0 atom stereocenters. The number of rotatable bonds is 4. The number of anilines is 1. The van der Waals surface area contributed by atoms with Crippen LogP contribution < -0.4 is 5.32 Å². The van der Waals surface area contributed by atoms with Gasteiger partial charge in [0, 0.05) is 20.1 Å². The van der Waals surface area contributed by atoms with Crippen molar-refractivity contribution >= 4 is 33.8 Å². The fourth-order valence-electron chi connectivity index (χ4n) is 3.87. The molecule has 2 aromatic heterocycles. The third kappa shape index (κ3) is 3.31. The van der Waals surface area contributed by atoms with E-state index in [4.69, 9.17) is 9.40 Å². The molecule has 0 saturated carbocycles. The van der Waals surface area contributed by atoms with E-state index < -0.39 is 0 Å². The number of nitrogens with zero attached hydrogens (tertiary/aromatic N) is 4. The van der Waals surface area contributed by atoms with Crippen LogP contribution in [0, 0.1) is 0 Å².